The number of aromatic amines is 1. The number of carbonyl (C=O) groups is 9. The van der Waals surface area contributed by atoms with E-state index in [-0.39, 0.29) is 64.9 Å². The molecule has 127 heavy (non-hydrogen) atoms. The lowest BCUT2D eigenvalue weighted by Gasteiger charge is -2.63. The van der Waals surface area contributed by atoms with Crippen molar-refractivity contribution in [1.29, 1.82) is 0 Å². The zero-order valence-corrected chi connectivity index (χ0v) is 73.1. The predicted molar refractivity (Wildman–Crippen MR) is 452 cm³/mol. The number of ether oxygens (including phenoxy) is 7. The molecular weight excluding hydrogens is 1650 g/mol. The zero-order chi connectivity index (χ0) is 91.7. The molecule has 1 unspecified atom stereocenters. The average molecular weight is 1760 g/mol. The number of methoxy groups -OCH3 is 4. The lowest BCUT2D eigenvalue weighted by molar-refractivity contribution is -0.247. The number of phenols is 2. The molecular formula is C95H114FN5O26. The Balaban J connectivity index is 0.000000152. The first-order valence-electron chi connectivity index (χ1n) is 43.8. The third kappa shape index (κ3) is 12.9. The number of hydrogen-bond acceptors (Lipinski definition) is 29. The topological polar surface area (TPSA) is 472 Å². The zero-order valence-electron chi connectivity index (χ0n) is 73.1. The van der Waals surface area contributed by atoms with E-state index in [1.165, 1.54) is 70.6 Å². The smallest absolute Gasteiger partial charge is 0.344 e. The highest BCUT2D eigenvalue weighted by atomic mass is 19.1. The Morgan fingerprint density at radius 2 is 1.48 bits per heavy atom. The van der Waals surface area contributed by atoms with Crippen molar-refractivity contribution in [2.75, 3.05) is 79.3 Å². The van der Waals surface area contributed by atoms with Crippen LogP contribution in [0.5, 0.6) is 23.0 Å². The molecule has 32 heteroatoms. The van der Waals surface area contributed by atoms with Crippen LogP contribution in [-0.2, 0) is 80.9 Å². The molecule has 4 saturated carbocycles. The van der Waals surface area contributed by atoms with Crippen LogP contribution in [0, 0.1) is 39.9 Å². The molecule has 6 aliphatic heterocycles. The van der Waals surface area contributed by atoms with E-state index in [2.05, 4.69) is 20.9 Å². The summed E-state index contributed by atoms with van der Waals surface area (Å²) in [5.41, 5.74) is -5.95. The molecule has 24 atom stereocenters. The van der Waals surface area contributed by atoms with Gasteiger partial charge in [-0.3, -0.25) is 48.2 Å². The number of ketones is 5. The van der Waals surface area contributed by atoms with Crippen LogP contribution in [0.3, 0.4) is 0 Å². The van der Waals surface area contributed by atoms with Crippen molar-refractivity contribution in [3.8, 4) is 23.0 Å². The number of nitrogens with two attached hydrogens (primary N) is 1. The van der Waals surface area contributed by atoms with Gasteiger partial charge < -0.3 is 99.8 Å². The van der Waals surface area contributed by atoms with E-state index in [4.69, 9.17) is 38.9 Å². The van der Waals surface area contributed by atoms with Crippen molar-refractivity contribution >= 4 is 69.8 Å². The summed E-state index contributed by atoms with van der Waals surface area (Å²) in [6, 6.07) is 13.6. The molecule has 18 rings (SSSR count). The molecule has 3 saturated heterocycles. The van der Waals surface area contributed by atoms with E-state index < -0.39 is 212 Å². The minimum absolute atomic E-state index is 0.0173. The number of aliphatic hydroxyl groups excluding tert-OH is 4. The number of aromatic nitrogens is 1. The highest BCUT2D eigenvalue weighted by Crippen LogP contribution is 2.73. The van der Waals surface area contributed by atoms with Gasteiger partial charge in [-0.05, 0) is 144 Å². The number of aliphatic hydroxyl groups is 8. The van der Waals surface area contributed by atoms with Gasteiger partial charge in [-0.2, -0.15) is 0 Å². The van der Waals surface area contributed by atoms with Crippen LogP contribution in [0.25, 0.3) is 10.9 Å². The van der Waals surface area contributed by atoms with Crippen molar-refractivity contribution in [2.45, 2.75) is 226 Å². The molecule has 7 aliphatic carbocycles. The fourth-order valence-electron chi connectivity index (χ4n) is 26.4. The van der Waals surface area contributed by atoms with E-state index in [1.807, 2.05) is 50.3 Å². The third-order valence-electron chi connectivity index (χ3n) is 32.1. The number of nitrogens with one attached hydrogen (secondary N) is 1. The van der Waals surface area contributed by atoms with Gasteiger partial charge in [-0.15, -0.1) is 0 Å². The van der Waals surface area contributed by atoms with Gasteiger partial charge in [0, 0.05) is 137 Å². The van der Waals surface area contributed by atoms with Crippen LogP contribution in [0.1, 0.15) is 191 Å². The summed E-state index contributed by atoms with van der Waals surface area (Å²) in [4.78, 5) is 130. The number of rotatable bonds is 15. The van der Waals surface area contributed by atoms with Gasteiger partial charge in [0.15, 0.2) is 41.2 Å². The van der Waals surface area contributed by atoms with Crippen LogP contribution in [0.2, 0.25) is 0 Å². The van der Waals surface area contributed by atoms with Crippen molar-refractivity contribution in [3.63, 3.8) is 0 Å². The number of allylic oxidation sites excluding steroid dienone is 4. The monoisotopic (exact) mass is 1760 g/mol. The molecule has 1 aromatic heterocycles. The Hall–Kier alpha value is -9.52. The summed E-state index contributed by atoms with van der Waals surface area (Å²) in [5.74, 6) is -7.96. The highest BCUT2D eigenvalue weighted by Gasteiger charge is 2.82. The molecule has 31 nitrogen and oxygen atoms in total. The number of Topliss-reactive ketones (excluding diaryl/α,β-unsaturated/α-hetero) is 2. The number of H-pyrrole nitrogens is 1. The number of benzene rings is 4. The molecule has 13 aliphatic rings. The predicted octanol–water partition coefficient (Wildman–Crippen LogP) is 5.41. The second kappa shape index (κ2) is 32.2. The minimum atomic E-state index is -2.53. The first-order chi connectivity index (χ1) is 60.1. The maximum Gasteiger partial charge on any atom is 0.344 e. The number of halogens is 1. The first-order valence-corrected chi connectivity index (χ1v) is 43.8. The first kappa shape index (κ1) is 90.8. The summed E-state index contributed by atoms with van der Waals surface area (Å²) in [7, 11) is 5.41. The summed E-state index contributed by atoms with van der Waals surface area (Å²) in [5, 5.41) is 112. The SMILES string of the molecule is CC[C@]1(O)C[C@H]2CN(CCc3c([nH]c4ccccc34)[C@@](C(=O)OC)(c3cc4c(cc3OC)N(C=O)[C@H]3[C@@](O)(C(=O)OC)[C@H](OC(C)=O)[C@]5(CC)C=CCN6CC[C@]43[C@@H]65)C2)C1.COc1cccc2c1C(=O)c1c(O)c3c(c(O)c1C2=O)C[C@@](O)(C(=O)CO)C[C@@H]3O[C@H]1C[C@H](N)[C@H](O)[C@H](C)O1.C[C@@H]1C[C@H]2[C@@H]3CCC4=CC(=O)C=C[C@]4(C)[C@@]3(F)[C@@H](O)C[C@]2(C)[C@@]1(O)C(=O)CO. The Morgan fingerprint density at radius 3 is 2.14 bits per heavy atom. The number of hydrogen-bond donors (Lipinski definition) is 12. The summed E-state index contributed by atoms with van der Waals surface area (Å²) >= 11 is 0. The maximum atomic E-state index is 16.9. The number of anilines is 1. The van der Waals surface area contributed by atoms with Crippen LogP contribution in [0.4, 0.5) is 10.1 Å². The molecule has 13 N–H and O–H groups in total. The van der Waals surface area contributed by atoms with Crippen molar-refractivity contribution in [2.24, 2.45) is 45.7 Å². The van der Waals surface area contributed by atoms with Gasteiger partial charge in [-0.25, -0.2) is 9.18 Å². The lowest BCUT2D eigenvalue weighted by atomic mass is 9.44. The van der Waals surface area contributed by atoms with E-state index in [1.54, 1.807) is 39.8 Å². The van der Waals surface area contributed by atoms with Crippen molar-refractivity contribution in [3.05, 3.63) is 146 Å². The van der Waals surface area contributed by atoms with Gasteiger partial charge in [0.1, 0.15) is 52.8 Å². The Morgan fingerprint density at radius 1 is 0.772 bits per heavy atom. The summed E-state index contributed by atoms with van der Waals surface area (Å²) in [6.07, 6.45) is 5.15. The quantitative estimate of drug-likeness (QED) is 0.0201. The number of piperidine rings is 1. The van der Waals surface area contributed by atoms with Gasteiger partial charge >= 0.3 is 17.9 Å². The Kier molecular flexibility index (Phi) is 23.1. The van der Waals surface area contributed by atoms with E-state index >= 15 is 9.18 Å². The highest BCUT2D eigenvalue weighted by molar-refractivity contribution is 6.31. The number of esters is 3. The molecule has 4 aromatic carbocycles. The molecule has 1 amide bonds. The number of nitrogens with zero attached hydrogens (tertiary/aromatic N) is 3. The summed E-state index contributed by atoms with van der Waals surface area (Å²) < 4.78 is 57.5. The number of alkyl halides is 1. The van der Waals surface area contributed by atoms with Gasteiger partial charge in [0.05, 0.1) is 86.9 Å². The minimum Gasteiger partial charge on any atom is -0.507 e. The molecule has 7 fully saturated rings. The number of phenolic OH excluding ortho intramolecular Hbond substituents is 2. The van der Waals surface area contributed by atoms with E-state index in [9.17, 15) is 89.4 Å². The Labute approximate surface area is 733 Å². The van der Waals surface area contributed by atoms with Crippen molar-refractivity contribution < 1.29 is 132 Å². The number of carbonyl (C=O) groups excluding carboxylic acids is 9. The Bertz CT molecular complexity index is 5480. The molecule has 7 heterocycles. The number of aromatic hydroxyl groups is 2. The van der Waals surface area contributed by atoms with Crippen LogP contribution in [-0.4, -0.2) is 270 Å². The van der Waals surface area contributed by atoms with Gasteiger partial charge in [0.2, 0.25) is 17.8 Å². The lowest BCUT2D eigenvalue weighted by Crippen LogP contribution is -2.81. The largest absolute Gasteiger partial charge is 0.507 e. The molecule has 682 valence electrons. The number of fused-ring (bicyclic) bond motifs is 14. The fourth-order valence-corrected chi connectivity index (χ4v) is 26.4. The molecule has 2 bridgehead atoms. The van der Waals surface area contributed by atoms with Gasteiger partial charge in [0.25, 0.3) is 0 Å². The second-order valence-corrected chi connectivity index (χ2v) is 38.0. The average Bonchev–Trinajstić information content (AvgIpc) is 1.48. The van der Waals surface area contributed by atoms with Crippen LogP contribution >= 0.6 is 0 Å². The normalized spacial score (nSPS) is 38.0. The van der Waals surface area contributed by atoms with E-state index in [0.717, 1.165) is 16.5 Å². The van der Waals surface area contributed by atoms with E-state index in [0.29, 0.717) is 124 Å². The fraction of sp³-hybridized carbons (Fsp3) is 0.568. The van der Waals surface area contributed by atoms with Crippen LogP contribution < -0.4 is 20.1 Å². The van der Waals surface area contributed by atoms with Gasteiger partial charge in [-0.1, -0.05) is 81.8 Å². The number of para-hydroxylation sites is 1. The second-order valence-electron chi connectivity index (χ2n) is 38.0. The maximum absolute atomic E-state index is 16.9. The standard InChI is InChI=1S/C46H56N4O10.C27H29NO11.C22H29FO5/c1-7-42(55)22-28-23-45(40(53)58-5,36-30(14-18-48(24-28)25-42)29-12-9-10-13-33(29)47-36)32-20-31-34(21-35(32)57-4)50(26-51)38-44(31)16-19-49-17-11-15-43(8-2,37(44)49)39(60-27(3)52)46(38,56)41(54)59-6;1-10-22(31)13(28)6-17(38-10)39-15-8-27(36,16(30)9-29)7-12-19(15)26(35)21-20(24(12)33)23(32)11-4-3-5-14(37-2)18(11)25(21)34;1-12-8-16-15-5-4-13-9-14(25)6-7-19(13,2)21(15,23)17(26)10-20(16,3)22(12,28)18(27)11-24/h9-13,15,20-21,26,28,37-39,47,55-56H,7-8,14,16-19,22-25H2,1-6H3;3-5,10,13,15,17,22,29,31,33,35-36H,6-9,28H2,1-2H3;6-7,9,12,15-17,24,26,28H,4-5,8,10-11H2,1-3H3/t28-,37+,38-,39-,42+,43-,44-,45+,46+;10-,13-,15-,17-,22+,27-;12-,15+,16+,17+,19+,20+,21+,22+/m101/s1. The number of amides is 1. The molecule has 1 spiro atoms. The summed E-state index contributed by atoms with van der Waals surface area (Å²) in [6.45, 7) is 13.2. The molecule has 0 radical (unpaired) electrons. The van der Waals surface area contributed by atoms with Crippen LogP contribution in [0.15, 0.2) is 90.6 Å². The van der Waals surface area contributed by atoms with Crippen molar-refractivity contribution in [1.82, 2.24) is 14.8 Å². The third-order valence-corrected chi connectivity index (χ3v) is 32.1. The molecule has 5 aromatic rings.